The molecule has 1 saturated heterocycles. The Hall–Kier alpha value is -0.120. The lowest BCUT2D eigenvalue weighted by Crippen LogP contribution is -2.56. The molecule has 1 aliphatic carbocycles. The summed E-state index contributed by atoms with van der Waals surface area (Å²) in [6.45, 7) is 12.2. The third-order valence-electron chi connectivity index (χ3n) is 4.28. The first-order valence-corrected chi connectivity index (χ1v) is 7.61. The molecule has 2 rings (SSSR count). The molecule has 0 amide bonds. The van der Waals surface area contributed by atoms with E-state index in [9.17, 15) is 0 Å². The minimum absolute atomic E-state index is 0.000709. The number of rotatable bonds is 4. The third-order valence-corrected chi connectivity index (χ3v) is 4.28. The van der Waals surface area contributed by atoms with E-state index in [1.54, 1.807) is 0 Å². The predicted octanol–water partition coefficient (Wildman–Crippen LogP) is 2.41. The molecule has 3 heteroatoms. The monoisotopic (exact) mass is 254 g/mol. The van der Waals surface area contributed by atoms with Crippen molar-refractivity contribution in [2.24, 2.45) is 0 Å². The van der Waals surface area contributed by atoms with Gasteiger partial charge in [-0.05, 0) is 40.5 Å². The molecular formula is C15H30N2O. The van der Waals surface area contributed by atoms with Gasteiger partial charge in [-0.15, -0.1) is 0 Å². The van der Waals surface area contributed by atoms with E-state index in [0.29, 0.717) is 12.1 Å². The smallest absolute Gasteiger partial charge is 0.0757 e. The Labute approximate surface area is 112 Å². The summed E-state index contributed by atoms with van der Waals surface area (Å²) in [4.78, 5) is 2.58. The standard InChI is InChI=1S/C15H30N2O/c1-12(9-16-14-7-5-6-8-14)17-10-13(2)18-15(3,4)11-17/h12-14,16H,5-11H2,1-4H3. The highest BCUT2D eigenvalue weighted by Gasteiger charge is 2.33. The van der Waals surface area contributed by atoms with Crippen molar-refractivity contribution in [3.05, 3.63) is 0 Å². The Kier molecular flexibility index (Phi) is 4.68. The first-order chi connectivity index (χ1) is 8.46. The lowest BCUT2D eigenvalue weighted by Gasteiger charge is -2.44. The molecule has 1 aliphatic heterocycles. The van der Waals surface area contributed by atoms with Crippen molar-refractivity contribution in [3.8, 4) is 0 Å². The van der Waals surface area contributed by atoms with Crippen molar-refractivity contribution >= 4 is 0 Å². The van der Waals surface area contributed by atoms with Crippen molar-refractivity contribution in [1.82, 2.24) is 10.2 Å². The van der Waals surface area contributed by atoms with Gasteiger partial charge in [-0.25, -0.2) is 0 Å². The van der Waals surface area contributed by atoms with Gasteiger partial charge in [0.1, 0.15) is 0 Å². The van der Waals surface area contributed by atoms with Crippen molar-refractivity contribution < 1.29 is 4.74 Å². The van der Waals surface area contributed by atoms with Crippen molar-refractivity contribution in [2.45, 2.75) is 77.2 Å². The van der Waals surface area contributed by atoms with E-state index in [1.807, 2.05) is 0 Å². The maximum absolute atomic E-state index is 5.97. The van der Waals surface area contributed by atoms with Crippen molar-refractivity contribution in [2.75, 3.05) is 19.6 Å². The van der Waals surface area contributed by atoms with Gasteiger partial charge in [0.25, 0.3) is 0 Å². The van der Waals surface area contributed by atoms with Crippen LogP contribution in [0.25, 0.3) is 0 Å². The Balaban J connectivity index is 1.78. The molecule has 0 aromatic carbocycles. The van der Waals surface area contributed by atoms with Crippen LogP contribution in [0.5, 0.6) is 0 Å². The molecule has 0 aromatic heterocycles. The summed E-state index contributed by atoms with van der Waals surface area (Å²) < 4.78 is 5.97. The van der Waals surface area contributed by atoms with Crippen LogP contribution >= 0.6 is 0 Å². The summed E-state index contributed by atoms with van der Waals surface area (Å²) in [5.74, 6) is 0. The fourth-order valence-electron chi connectivity index (χ4n) is 3.44. The van der Waals surface area contributed by atoms with Crippen LogP contribution in [0.15, 0.2) is 0 Å². The van der Waals surface area contributed by atoms with Crippen molar-refractivity contribution in [3.63, 3.8) is 0 Å². The topological polar surface area (TPSA) is 24.5 Å². The number of ether oxygens (including phenoxy) is 1. The van der Waals surface area contributed by atoms with E-state index in [4.69, 9.17) is 4.74 Å². The molecule has 2 fully saturated rings. The lowest BCUT2D eigenvalue weighted by atomic mass is 10.0. The van der Waals surface area contributed by atoms with E-state index in [-0.39, 0.29) is 5.60 Å². The highest BCUT2D eigenvalue weighted by Crippen LogP contribution is 2.22. The molecule has 2 unspecified atom stereocenters. The normalized spacial score (nSPS) is 31.7. The minimum atomic E-state index is -0.000709. The zero-order chi connectivity index (χ0) is 13.2. The highest BCUT2D eigenvalue weighted by molar-refractivity contribution is 4.86. The van der Waals surface area contributed by atoms with Gasteiger partial charge in [0.05, 0.1) is 11.7 Å². The summed E-state index contributed by atoms with van der Waals surface area (Å²) in [6.07, 6.45) is 5.92. The van der Waals surface area contributed by atoms with Gasteiger partial charge in [-0.1, -0.05) is 12.8 Å². The minimum Gasteiger partial charge on any atom is -0.370 e. The predicted molar refractivity (Wildman–Crippen MR) is 75.9 cm³/mol. The van der Waals surface area contributed by atoms with E-state index < -0.39 is 0 Å². The largest absolute Gasteiger partial charge is 0.370 e. The van der Waals surface area contributed by atoms with Gasteiger partial charge < -0.3 is 10.1 Å². The summed E-state index contributed by atoms with van der Waals surface area (Å²) in [7, 11) is 0. The van der Waals surface area contributed by atoms with Gasteiger partial charge in [-0.3, -0.25) is 4.90 Å². The second kappa shape index (κ2) is 5.89. The molecule has 0 bridgehead atoms. The number of morpholine rings is 1. The summed E-state index contributed by atoms with van der Waals surface area (Å²) in [5, 5.41) is 3.74. The first kappa shape index (κ1) is 14.3. The van der Waals surface area contributed by atoms with E-state index in [2.05, 4.69) is 37.9 Å². The Bertz CT molecular complexity index is 261. The van der Waals surface area contributed by atoms with Crippen molar-refractivity contribution in [1.29, 1.82) is 0 Å². The molecule has 2 aliphatic rings. The molecule has 1 saturated carbocycles. The maximum Gasteiger partial charge on any atom is 0.0757 e. The molecule has 0 radical (unpaired) electrons. The number of hydrogen-bond donors (Lipinski definition) is 1. The highest BCUT2D eigenvalue weighted by atomic mass is 16.5. The van der Waals surface area contributed by atoms with Crippen LogP contribution in [0.2, 0.25) is 0 Å². The van der Waals surface area contributed by atoms with Crippen LogP contribution in [-0.4, -0.2) is 48.3 Å². The van der Waals surface area contributed by atoms with Gasteiger partial charge in [-0.2, -0.15) is 0 Å². The zero-order valence-electron chi connectivity index (χ0n) is 12.5. The van der Waals surface area contributed by atoms with Crippen LogP contribution in [0.1, 0.15) is 53.4 Å². The molecule has 3 nitrogen and oxygen atoms in total. The van der Waals surface area contributed by atoms with Crippen LogP contribution in [0.4, 0.5) is 0 Å². The number of nitrogens with one attached hydrogen (secondary N) is 1. The third kappa shape index (κ3) is 3.94. The molecular weight excluding hydrogens is 224 g/mol. The average molecular weight is 254 g/mol. The maximum atomic E-state index is 5.97. The average Bonchev–Trinajstić information content (AvgIpc) is 2.75. The zero-order valence-corrected chi connectivity index (χ0v) is 12.5. The second-order valence-corrected chi connectivity index (χ2v) is 6.86. The fraction of sp³-hybridized carbons (Fsp3) is 1.00. The molecule has 1 heterocycles. The van der Waals surface area contributed by atoms with Gasteiger partial charge >= 0.3 is 0 Å². The quantitative estimate of drug-likeness (QED) is 0.834. The Morgan fingerprint density at radius 3 is 2.61 bits per heavy atom. The van der Waals surface area contributed by atoms with Crippen LogP contribution in [-0.2, 0) is 4.74 Å². The van der Waals surface area contributed by atoms with Crippen LogP contribution in [0.3, 0.4) is 0 Å². The van der Waals surface area contributed by atoms with Crippen LogP contribution < -0.4 is 5.32 Å². The first-order valence-electron chi connectivity index (χ1n) is 7.61. The molecule has 0 spiro atoms. The fourth-order valence-corrected chi connectivity index (χ4v) is 3.44. The molecule has 1 N–H and O–H groups in total. The van der Waals surface area contributed by atoms with E-state index in [1.165, 1.54) is 25.7 Å². The molecule has 2 atom stereocenters. The van der Waals surface area contributed by atoms with Gasteiger partial charge in [0.2, 0.25) is 0 Å². The number of nitrogens with zero attached hydrogens (tertiary/aromatic N) is 1. The number of hydrogen-bond acceptors (Lipinski definition) is 3. The molecule has 106 valence electrons. The van der Waals surface area contributed by atoms with E-state index in [0.717, 1.165) is 25.7 Å². The second-order valence-electron chi connectivity index (χ2n) is 6.86. The Morgan fingerprint density at radius 2 is 2.00 bits per heavy atom. The van der Waals surface area contributed by atoms with E-state index >= 15 is 0 Å². The Morgan fingerprint density at radius 1 is 1.33 bits per heavy atom. The SMILES string of the molecule is CC1CN(C(C)CNC2CCCC2)CC(C)(C)O1. The van der Waals surface area contributed by atoms with Gasteiger partial charge in [0, 0.05) is 31.7 Å². The molecule has 18 heavy (non-hydrogen) atoms. The van der Waals surface area contributed by atoms with Crippen LogP contribution in [0, 0.1) is 0 Å². The lowest BCUT2D eigenvalue weighted by molar-refractivity contribution is -0.136. The summed E-state index contributed by atoms with van der Waals surface area (Å²) in [6, 6.07) is 1.38. The summed E-state index contributed by atoms with van der Waals surface area (Å²) in [5.41, 5.74) is -0.000709. The summed E-state index contributed by atoms with van der Waals surface area (Å²) >= 11 is 0. The molecule has 0 aromatic rings. The van der Waals surface area contributed by atoms with Gasteiger partial charge in [0.15, 0.2) is 0 Å².